The van der Waals surface area contributed by atoms with Gasteiger partial charge >= 0.3 is 5.97 Å². The molecular weight excluding hydrogens is 1080 g/mol. The number of rotatable bonds is 19. The van der Waals surface area contributed by atoms with Gasteiger partial charge in [-0.05, 0) is 140 Å². The van der Waals surface area contributed by atoms with E-state index in [4.69, 9.17) is 19.0 Å². The Balaban J connectivity index is 0.00000757. The van der Waals surface area contributed by atoms with Crippen molar-refractivity contribution in [3.8, 4) is 17.2 Å². The van der Waals surface area contributed by atoms with Crippen LogP contribution < -0.4 is 34.6 Å². The minimum Gasteiger partial charge on any atom is -0.493 e. The van der Waals surface area contributed by atoms with Crippen LogP contribution >= 0.6 is 0 Å². The monoisotopic (exact) mass is 1150 g/mol. The quantitative estimate of drug-likeness (QED) is 0.0456. The van der Waals surface area contributed by atoms with Gasteiger partial charge in [-0.2, -0.15) is 6.42 Å². The summed E-state index contributed by atoms with van der Waals surface area (Å²) in [6.45, 7) is 5.24. The molecule has 18 heteroatoms. The zero-order chi connectivity index (χ0) is 54.8. The molecular formula is C61H62N5O12Y-. The van der Waals surface area contributed by atoms with E-state index in [1.165, 1.54) is 12.7 Å². The molecule has 1 radical (unpaired) electrons. The van der Waals surface area contributed by atoms with Crippen molar-refractivity contribution in [1.29, 1.82) is 0 Å². The summed E-state index contributed by atoms with van der Waals surface area (Å²) in [6.07, 6.45) is 6.06. The van der Waals surface area contributed by atoms with E-state index < -0.39 is 41.6 Å². The molecule has 0 aromatic heterocycles. The van der Waals surface area contributed by atoms with Gasteiger partial charge in [0.1, 0.15) is 19.0 Å². The standard InChI is InChI=1S/C61H62N5O12.Y/c1-35-23-47-40(17-19-45-28-42-11-5-7-13-49(42)64(45)60(47)73)30-52(35)76-33-38-25-39(34-77-54-31-41-18-20-46-29-43-12-6-8-14-50(43)65(46)61(74)48(41)32-53(54)75-4)27-44(26-38)63-59(72)36(2)24-51(67)37(3)62-55(68)15-9-10-16-58(71)78-66-56(69)21-22-57(66)70;/h5-8,11-14,20,23,25-27,30-32,36-37,45-46H,9-10,15-19,21-22,24,28-29,33-34H2,1-4H3,(H,62,68)(H,63,72);/q-1;/t36-,37+,45-,46-;/m1./s1. The maximum Gasteiger partial charge on any atom is 0.333 e. The number of amides is 6. The predicted molar refractivity (Wildman–Crippen MR) is 288 cm³/mol. The first-order valence-electron chi connectivity index (χ1n) is 26.7. The van der Waals surface area contributed by atoms with Crippen molar-refractivity contribution >= 4 is 64.3 Å². The van der Waals surface area contributed by atoms with Gasteiger partial charge in [-0.15, -0.1) is 5.06 Å². The number of nitrogens with zero attached hydrogens (tertiary/aromatic N) is 3. The molecule has 0 unspecified atom stereocenters. The van der Waals surface area contributed by atoms with Crippen LogP contribution in [0.25, 0.3) is 0 Å². The van der Waals surface area contributed by atoms with Crippen LogP contribution in [-0.4, -0.2) is 77.5 Å². The Bertz CT molecular complexity index is 3250. The molecule has 6 amide bonds. The Hall–Kier alpha value is -7.24. The Morgan fingerprint density at radius 1 is 0.696 bits per heavy atom. The fraction of sp³-hybridized carbons (Fsp3) is 0.361. The van der Waals surface area contributed by atoms with Gasteiger partial charge in [0, 0.05) is 105 Å². The molecule has 79 heavy (non-hydrogen) atoms. The summed E-state index contributed by atoms with van der Waals surface area (Å²) in [5.41, 5.74) is 9.75. The van der Waals surface area contributed by atoms with Crippen LogP contribution in [0.2, 0.25) is 0 Å². The van der Waals surface area contributed by atoms with Crippen LogP contribution in [0.15, 0.2) is 91.0 Å². The van der Waals surface area contributed by atoms with Crippen molar-refractivity contribution in [1.82, 2.24) is 10.4 Å². The maximum atomic E-state index is 14.1. The van der Waals surface area contributed by atoms with Gasteiger partial charge in [-0.1, -0.05) is 54.9 Å². The number of carbonyl (C=O) groups is 8. The summed E-state index contributed by atoms with van der Waals surface area (Å²) < 4.78 is 18.8. The van der Waals surface area contributed by atoms with E-state index in [1.807, 2.05) is 77.4 Å². The van der Waals surface area contributed by atoms with Crippen LogP contribution in [0.1, 0.15) is 125 Å². The molecule has 5 aromatic carbocycles. The van der Waals surface area contributed by atoms with Crippen LogP contribution in [0.3, 0.4) is 0 Å². The van der Waals surface area contributed by atoms with E-state index in [0.717, 1.165) is 52.9 Å². The van der Waals surface area contributed by atoms with E-state index in [2.05, 4.69) is 29.2 Å². The molecule has 0 bridgehead atoms. The van der Waals surface area contributed by atoms with Crippen LogP contribution in [0.5, 0.6) is 17.2 Å². The first-order chi connectivity index (χ1) is 37.6. The average Bonchev–Trinajstić information content (AvgIpc) is 4.15. The number of imide groups is 1. The molecule has 1 fully saturated rings. The smallest absolute Gasteiger partial charge is 0.333 e. The van der Waals surface area contributed by atoms with Crippen LogP contribution in [-0.2, 0) is 105 Å². The summed E-state index contributed by atoms with van der Waals surface area (Å²) in [5.74, 6) is -2.55. The molecule has 4 atom stereocenters. The maximum absolute atomic E-state index is 14.1. The minimum atomic E-state index is -0.896. The number of fused-ring (bicyclic) bond motifs is 8. The molecule has 5 aliphatic rings. The summed E-state index contributed by atoms with van der Waals surface area (Å²) in [7, 11) is 1.53. The number of hydrogen-bond acceptors (Lipinski definition) is 12. The number of anilines is 3. The van der Waals surface area contributed by atoms with Gasteiger partial charge < -0.3 is 45.9 Å². The Morgan fingerprint density at radius 3 is 2.03 bits per heavy atom. The number of benzene rings is 5. The molecule has 0 spiro atoms. The topological polar surface area (TPSA) is 207 Å². The number of nitrogens with one attached hydrogen (secondary N) is 2. The number of hydrogen-bond donors (Lipinski definition) is 2. The Labute approximate surface area is 483 Å². The second kappa shape index (κ2) is 24.4. The van der Waals surface area contributed by atoms with Crippen LogP contribution in [0, 0.1) is 19.3 Å². The summed E-state index contributed by atoms with van der Waals surface area (Å²) >= 11 is 0. The van der Waals surface area contributed by atoms with E-state index in [9.17, 15) is 38.4 Å². The van der Waals surface area contributed by atoms with Gasteiger partial charge in [0.25, 0.3) is 23.6 Å². The summed E-state index contributed by atoms with van der Waals surface area (Å²) in [4.78, 5) is 113. The van der Waals surface area contributed by atoms with E-state index in [1.54, 1.807) is 32.0 Å². The number of unbranched alkanes of at least 4 members (excludes halogenated alkanes) is 1. The second-order valence-electron chi connectivity index (χ2n) is 20.9. The number of Topliss-reactive ketones (excluding diaryl/α,β-unsaturated/α-hetero) is 1. The van der Waals surface area contributed by atoms with Gasteiger partial charge in [0.15, 0.2) is 17.3 Å². The third-order valence-electron chi connectivity index (χ3n) is 15.3. The molecule has 1 saturated heterocycles. The van der Waals surface area contributed by atoms with Crippen molar-refractivity contribution in [2.75, 3.05) is 22.2 Å². The fourth-order valence-electron chi connectivity index (χ4n) is 11.1. The van der Waals surface area contributed by atoms with Crippen molar-refractivity contribution < 1.29 is 90.1 Å². The zero-order valence-corrected chi connectivity index (χ0v) is 47.6. The molecule has 5 aliphatic heterocycles. The van der Waals surface area contributed by atoms with E-state index >= 15 is 0 Å². The van der Waals surface area contributed by atoms with E-state index in [-0.39, 0.29) is 114 Å². The number of aryl methyl sites for hydroxylation is 2. The number of carbonyl (C=O) groups excluding carboxylic acids is 8. The third kappa shape index (κ3) is 12.3. The largest absolute Gasteiger partial charge is 0.493 e. The van der Waals surface area contributed by atoms with Crippen molar-refractivity contribution in [3.63, 3.8) is 0 Å². The summed E-state index contributed by atoms with van der Waals surface area (Å²) in [5, 5.41) is 6.14. The van der Waals surface area contributed by atoms with Crippen LogP contribution in [0.4, 0.5) is 17.1 Å². The van der Waals surface area contributed by atoms with Gasteiger partial charge in [0.2, 0.25) is 11.8 Å². The number of ether oxygens (including phenoxy) is 3. The third-order valence-corrected chi connectivity index (χ3v) is 15.3. The molecule has 0 aliphatic carbocycles. The average molecular weight is 1150 g/mol. The number of ketones is 1. The molecule has 5 aromatic rings. The SMILES string of the molecule is COc1cc2c(cc1OCc1cc(COc3cc4c(cc3C)C(=O)N3c5ccccc5C[C@H]3CC4)cc(NC(=O)[C@H](C)CC(=O)[C@H](C)NC(=O)CCCCC(=O)ON3C(=O)CCC3=O)c1)C[CH-][C@@H]1Cc3ccccc3N1C2=O.[Y]. The normalized spacial score (nSPS) is 17.6. The van der Waals surface area contributed by atoms with Crippen molar-refractivity contribution in [2.24, 2.45) is 5.92 Å². The molecule has 5 heterocycles. The number of methoxy groups -OCH3 is 1. The predicted octanol–water partition coefficient (Wildman–Crippen LogP) is 8.21. The fourth-order valence-corrected chi connectivity index (χ4v) is 11.1. The van der Waals surface area contributed by atoms with Gasteiger partial charge in [-0.25, -0.2) is 4.79 Å². The number of para-hydroxylation sites is 2. The first kappa shape index (κ1) is 56.5. The number of hydroxylamine groups is 2. The summed E-state index contributed by atoms with van der Waals surface area (Å²) in [6, 6.07) is 28.1. The molecule has 2 N–H and O–H groups in total. The van der Waals surface area contributed by atoms with Crippen molar-refractivity contribution in [2.45, 2.75) is 129 Å². The van der Waals surface area contributed by atoms with Gasteiger partial charge in [-0.3, -0.25) is 33.6 Å². The first-order valence-corrected chi connectivity index (χ1v) is 26.7. The minimum absolute atomic E-state index is 0. The molecule has 0 saturated carbocycles. The Morgan fingerprint density at radius 2 is 1.32 bits per heavy atom. The van der Waals surface area contributed by atoms with Gasteiger partial charge in [0.05, 0.1) is 13.2 Å². The van der Waals surface area contributed by atoms with Crippen molar-refractivity contribution in [3.05, 3.63) is 147 Å². The molecule has 17 nitrogen and oxygen atoms in total. The molecule has 407 valence electrons. The second-order valence-corrected chi connectivity index (χ2v) is 20.9. The Kier molecular flexibility index (Phi) is 17.5. The van der Waals surface area contributed by atoms with E-state index in [0.29, 0.717) is 69.5 Å². The molecule has 10 rings (SSSR count). The zero-order valence-electron chi connectivity index (χ0n) is 44.8.